The Morgan fingerprint density at radius 2 is 1.88 bits per heavy atom. The fourth-order valence-corrected chi connectivity index (χ4v) is 5.59. The van der Waals surface area contributed by atoms with Crippen LogP contribution in [0.2, 0.25) is 0 Å². The molecular weight excluding hydrogens is 368 g/mol. The molecule has 1 aromatic carbocycles. The Morgan fingerprint density at radius 1 is 1.24 bits per heavy atom. The number of hydrogen-bond acceptors (Lipinski definition) is 5. The van der Waals surface area contributed by atoms with Gasteiger partial charge >= 0.3 is 5.97 Å². The number of hydrogen-bond donors (Lipinski definition) is 2. The summed E-state index contributed by atoms with van der Waals surface area (Å²) in [6, 6.07) is 4.23. The van der Waals surface area contributed by atoms with Crippen molar-refractivity contribution >= 4 is 31.7 Å². The third-order valence-corrected chi connectivity index (χ3v) is 7.28. The molecule has 1 aliphatic heterocycles. The zero-order chi connectivity index (χ0) is 18.7. The van der Waals surface area contributed by atoms with Crippen LogP contribution in [-0.2, 0) is 24.8 Å². The molecule has 0 bridgehead atoms. The highest BCUT2D eigenvalue weighted by Crippen LogP contribution is 2.27. The van der Waals surface area contributed by atoms with Gasteiger partial charge in [-0.15, -0.1) is 0 Å². The van der Waals surface area contributed by atoms with Crippen LogP contribution < -0.4 is 4.72 Å². The SMILES string of the molecule is CCCCS(=O)(=O)Nc1ccc(S(=O)(=O)N2CCC[C@H]2C(=O)O)cc1. The second-order valence-electron chi connectivity index (χ2n) is 5.91. The van der Waals surface area contributed by atoms with E-state index in [4.69, 9.17) is 5.11 Å². The summed E-state index contributed by atoms with van der Waals surface area (Å²) in [5.41, 5.74) is 0.270. The summed E-state index contributed by atoms with van der Waals surface area (Å²) in [7, 11) is -7.40. The summed E-state index contributed by atoms with van der Waals surface area (Å²) in [4.78, 5) is 11.1. The smallest absolute Gasteiger partial charge is 0.322 e. The summed E-state index contributed by atoms with van der Waals surface area (Å²) >= 11 is 0. The minimum atomic E-state index is -3.93. The first-order valence-electron chi connectivity index (χ1n) is 8.02. The van der Waals surface area contributed by atoms with E-state index < -0.39 is 32.1 Å². The number of nitrogens with one attached hydrogen (secondary N) is 1. The summed E-state index contributed by atoms with van der Waals surface area (Å²) in [5.74, 6) is -1.17. The third-order valence-electron chi connectivity index (χ3n) is 3.99. The van der Waals surface area contributed by atoms with Crippen molar-refractivity contribution in [3.63, 3.8) is 0 Å². The predicted molar refractivity (Wildman–Crippen MR) is 93.3 cm³/mol. The summed E-state index contributed by atoms with van der Waals surface area (Å²) in [6.45, 7) is 2.04. The van der Waals surface area contributed by atoms with Crippen molar-refractivity contribution < 1.29 is 26.7 Å². The van der Waals surface area contributed by atoms with Gasteiger partial charge in [0, 0.05) is 12.2 Å². The molecular formula is C15H22N2O6S2. The van der Waals surface area contributed by atoms with Gasteiger partial charge in [0.1, 0.15) is 6.04 Å². The Morgan fingerprint density at radius 3 is 2.44 bits per heavy atom. The lowest BCUT2D eigenvalue weighted by Crippen LogP contribution is -2.40. The second kappa shape index (κ2) is 7.71. The Balaban J connectivity index is 2.17. The van der Waals surface area contributed by atoms with Crippen molar-refractivity contribution in [3.05, 3.63) is 24.3 Å². The number of rotatable bonds is 8. The maximum atomic E-state index is 12.6. The Kier molecular flexibility index (Phi) is 6.07. The molecule has 1 aromatic rings. The molecule has 1 heterocycles. The Hall–Kier alpha value is -1.65. The average Bonchev–Trinajstić information content (AvgIpc) is 3.04. The fraction of sp³-hybridized carbons (Fsp3) is 0.533. The minimum absolute atomic E-state index is 0.00236. The summed E-state index contributed by atoms with van der Waals surface area (Å²) in [5, 5.41) is 9.15. The molecule has 1 aliphatic rings. The molecule has 0 amide bonds. The molecule has 2 N–H and O–H groups in total. The number of carbonyl (C=O) groups is 1. The molecule has 1 fully saturated rings. The van der Waals surface area contributed by atoms with E-state index in [1.807, 2.05) is 6.92 Å². The number of unbranched alkanes of at least 4 members (excludes halogenated alkanes) is 1. The lowest BCUT2D eigenvalue weighted by atomic mass is 10.2. The van der Waals surface area contributed by atoms with E-state index in [0.29, 0.717) is 12.8 Å². The van der Waals surface area contributed by atoms with Gasteiger partial charge in [0.2, 0.25) is 20.0 Å². The van der Waals surface area contributed by atoms with E-state index in [-0.39, 0.29) is 29.3 Å². The number of carboxylic acid groups (broad SMARTS) is 1. The van der Waals surface area contributed by atoms with Gasteiger partial charge in [0.15, 0.2) is 0 Å². The number of anilines is 1. The van der Waals surface area contributed by atoms with E-state index in [1.54, 1.807) is 0 Å². The Bertz CT molecular complexity index is 818. The van der Waals surface area contributed by atoms with Crippen LogP contribution in [0.1, 0.15) is 32.6 Å². The molecule has 0 radical (unpaired) electrons. The molecule has 0 unspecified atom stereocenters. The topological polar surface area (TPSA) is 121 Å². The zero-order valence-electron chi connectivity index (χ0n) is 13.9. The van der Waals surface area contributed by atoms with Crippen LogP contribution in [0.15, 0.2) is 29.2 Å². The number of benzene rings is 1. The second-order valence-corrected chi connectivity index (χ2v) is 9.64. The van der Waals surface area contributed by atoms with E-state index in [0.717, 1.165) is 10.7 Å². The average molecular weight is 390 g/mol. The third kappa shape index (κ3) is 4.71. The van der Waals surface area contributed by atoms with E-state index >= 15 is 0 Å². The fourth-order valence-electron chi connectivity index (χ4n) is 2.67. The van der Waals surface area contributed by atoms with Crippen molar-refractivity contribution in [3.8, 4) is 0 Å². The molecule has 0 saturated carbocycles. The normalized spacial score (nSPS) is 19.0. The van der Waals surface area contributed by atoms with Crippen molar-refractivity contribution in [1.29, 1.82) is 0 Å². The highest BCUT2D eigenvalue weighted by molar-refractivity contribution is 7.92. The van der Waals surface area contributed by atoms with Gasteiger partial charge in [-0.25, -0.2) is 16.8 Å². The van der Waals surface area contributed by atoms with E-state index in [2.05, 4.69) is 4.72 Å². The minimum Gasteiger partial charge on any atom is -0.480 e. The Labute approximate surface area is 147 Å². The van der Waals surface area contributed by atoms with Crippen LogP contribution in [0.25, 0.3) is 0 Å². The first-order valence-corrected chi connectivity index (χ1v) is 11.1. The van der Waals surface area contributed by atoms with Crippen LogP contribution in [0, 0.1) is 0 Å². The van der Waals surface area contributed by atoms with Crippen LogP contribution >= 0.6 is 0 Å². The molecule has 140 valence electrons. The number of carboxylic acids is 1. The van der Waals surface area contributed by atoms with E-state index in [9.17, 15) is 21.6 Å². The van der Waals surface area contributed by atoms with Crippen molar-refractivity contribution in [2.45, 2.75) is 43.5 Å². The lowest BCUT2D eigenvalue weighted by Gasteiger charge is -2.21. The molecule has 0 aliphatic carbocycles. The molecule has 2 rings (SSSR count). The molecule has 8 nitrogen and oxygen atoms in total. The van der Waals surface area contributed by atoms with Crippen LogP contribution in [0.3, 0.4) is 0 Å². The maximum Gasteiger partial charge on any atom is 0.322 e. The van der Waals surface area contributed by atoms with Crippen LogP contribution in [0.5, 0.6) is 0 Å². The zero-order valence-corrected chi connectivity index (χ0v) is 15.5. The standard InChI is InChI=1S/C15H22N2O6S2/c1-2-3-11-24(20,21)16-12-6-8-13(9-7-12)25(22,23)17-10-4-5-14(17)15(18)19/h6-9,14,16H,2-5,10-11H2,1H3,(H,18,19)/t14-/m0/s1. The summed E-state index contributed by atoms with van der Waals surface area (Å²) in [6.07, 6.45) is 2.06. The highest BCUT2D eigenvalue weighted by atomic mass is 32.2. The van der Waals surface area contributed by atoms with Crippen LogP contribution in [0.4, 0.5) is 5.69 Å². The van der Waals surface area contributed by atoms with Gasteiger partial charge < -0.3 is 5.11 Å². The largest absolute Gasteiger partial charge is 0.480 e. The maximum absolute atomic E-state index is 12.6. The van der Waals surface area contributed by atoms with E-state index in [1.165, 1.54) is 24.3 Å². The number of nitrogens with zero attached hydrogens (tertiary/aromatic N) is 1. The van der Waals surface area contributed by atoms with Gasteiger partial charge in [-0.2, -0.15) is 4.31 Å². The van der Waals surface area contributed by atoms with Gasteiger partial charge in [0.05, 0.1) is 10.6 Å². The quantitative estimate of drug-likeness (QED) is 0.693. The van der Waals surface area contributed by atoms with Crippen molar-refractivity contribution in [2.24, 2.45) is 0 Å². The molecule has 1 saturated heterocycles. The summed E-state index contributed by atoms with van der Waals surface area (Å²) < 4.78 is 52.3. The monoisotopic (exact) mass is 390 g/mol. The van der Waals surface area contributed by atoms with Gasteiger partial charge in [0.25, 0.3) is 0 Å². The van der Waals surface area contributed by atoms with Crippen molar-refractivity contribution in [1.82, 2.24) is 4.31 Å². The lowest BCUT2D eigenvalue weighted by molar-refractivity contribution is -0.140. The van der Waals surface area contributed by atoms with Gasteiger partial charge in [-0.1, -0.05) is 13.3 Å². The molecule has 0 spiro atoms. The first-order chi connectivity index (χ1) is 11.7. The molecule has 25 heavy (non-hydrogen) atoms. The highest BCUT2D eigenvalue weighted by Gasteiger charge is 2.39. The molecule has 0 aromatic heterocycles. The van der Waals surface area contributed by atoms with Crippen LogP contribution in [-0.4, -0.2) is 50.6 Å². The van der Waals surface area contributed by atoms with Gasteiger partial charge in [-0.3, -0.25) is 9.52 Å². The number of aliphatic carboxylic acids is 1. The molecule has 1 atom stereocenters. The predicted octanol–water partition coefficient (Wildman–Crippen LogP) is 1.47. The first kappa shape index (κ1) is 19.7. The van der Waals surface area contributed by atoms with Gasteiger partial charge in [-0.05, 0) is 43.5 Å². The molecule has 10 heteroatoms. The van der Waals surface area contributed by atoms with Crippen molar-refractivity contribution in [2.75, 3.05) is 17.0 Å². The number of sulfonamides is 2.